The summed E-state index contributed by atoms with van der Waals surface area (Å²) in [7, 11) is 0. The van der Waals surface area contributed by atoms with Crippen molar-refractivity contribution in [3.05, 3.63) is 28.2 Å². The monoisotopic (exact) mass is 316 g/mol. The third-order valence-electron chi connectivity index (χ3n) is 3.29. The van der Waals surface area contributed by atoms with Gasteiger partial charge in [0.25, 0.3) is 0 Å². The molecular formula is C14H18Cl2N2O2. The van der Waals surface area contributed by atoms with Crippen LogP contribution in [-0.2, 0) is 4.79 Å². The van der Waals surface area contributed by atoms with Crippen LogP contribution in [0.1, 0.15) is 19.3 Å². The Hall–Kier alpha value is -0.970. The number of benzene rings is 1. The Morgan fingerprint density at radius 2 is 2.20 bits per heavy atom. The topological polar surface area (TPSA) is 55.6 Å². The first-order valence-electron chi connectivity index (χ1n) is 6.69. The summed E-state index contributed by atoms with van der Waals surface area (Å²) < 4.78 is 5.83. The van der Waals surface area contributed by atoms with E-state index in [1.807, 2.05) is 4.90 Å². The van der Waals surface area contributed by atoms with E-state index in [0.717, 1.165) is 19.4 Å². The van der Waals surface area contributed by atoms with Crippen LogP contribution in [0.5, 0.6) is 5.75 Å². The number of carbonyl (C=O) groups is 1. The lowest BCUT2D eigenvalue weighted by Crippen LogP contribution is -2.31. The summed E-state index contributed by atoms with van der Waals surface area (Å²) in [6, 6.07) is 5.19. The highest BCUT2D eigenvalue weighted by molar-refractivity contribution is 6.42. The average Bonchev–Trinajstić information content (AvgIpc) is 2.89. The van der Waals surface area contributed by atoms with E-state index in [1.165, 1.54) is 0 Å². The SMILES string of the molecule is NCCCC(=O)N1CC[C@@H](Oc2ccc(Cl)c(Cl)c2)C1. The normalized spacial score (nSPS) is 18.4. The van der Waals surface area contributed by atoms with Gasteiger partial charge in [-0.15, -0.1) is 0 Å². The van der Waals surface area contributed by atoms with Gasteiger partial charge in [0, 0.05) is 25.5 Å². The highest BCUT2D eigenvalue weighted by Crippen LogP contribution is 2.28. The number of carbonyl (C=O) groups excluding carboxylic acids is 1. The number of nitrogens with zero attached hydrogens (tertiary/aromatic N) is 1. The van der Waals surface area contributed by atoms with E-state index in [9.17, 15) is 4.79 Å². The summed E-state index contributed by atoms with van der Waals surface area (Å²) in [5.74, 6) is 0.830. The molecule has 6 heteroatoms. The Balaban J connectivity index is 1.86. The largest absolute Gasteiger partial charge is 0.488 e. The summed E-state index contributed by atoms with van der Waals surface area (Å²) in [4.78, 5) is 13.7. The summed E-state index contributed by atoms with van der Waals surface area (Å²) in [5, 5.41) is 0.974. The minimum atomic E-state index is 0.00840. The maximum Gasteiger partial charge on any atom is 0.222 e. The molecule has 20 heavy (non-hydrogen) atoms. The van der Waals surface area contributed by atoms with Crippen molar-refractivity contribution in [3.8, 4) is 5.75 Å². The summed E-state index contributed by atoms with van der Waals surface area (Å²) in [5.41, 5.74) is 5.41. The molecule has 4 nitrogen and oxygen atoms in total. The van der Waals surface area contributed by atoms with Crippen molar-refractivity contribution in [2.45, 2.75) is 25.4 Å². The Morgan fingerprint density at radius 3 is 2.90 bits per heavy atom. The molecule has 1 aromatic rings. The first kappa shape index (κ1) is 15.4. The quantitative estimate of drug-likeness (QED) is 0.908. The number of rotatable bonds is 5. The average molecular weight is 317 g/mol. The lowest BCUT2D eigenvalue weighted by molar-refractivity contribution is -0.130. The molecule has 0 unspecified atom stereocenters. The van der Waals surface area contributed by atoms with E-state index in [0.29, 0.717) is 35.3 Å². The van der Waals surface area contributed by atoms with Gasteiger partial charge >= 0.3 is 0 Å². The summed E-state index contributed by atoms with van der Waals surface area (Å²) >= 11 is 11.8. The van der Waals surface area contributed by atoms with Gasteiger partial charge in [-0.1, -0.05) is 23.2 Å². The molecular weight excluding hydrogens is 299 g/mol. The van der Waals surface area contributed by atoms with E-state index in [-0.39, 0.29) is 12.0 Å². The van der Waals surface area contributed by atoms with E-state index in [2.05, 4.69) is 0 Å². The van der Waals surface area contributed by atoms with Crippen LogP contribution in [0.15, 0.2) is 18.2 Å². The number of nitrogens with two attached hydrogens (primary N) is 1. The summed E-state index contributed by atoms with van der Waals surface area (Å²) in [6.45, 7) is 1.89. The van der Waals surface area contributed by atoms with Crippen LogP contribution < -0.4 is 10.5 Å². The molecule has 1 aliphatic rings. The zero-order valence-electron chi connectivity index (χ0n) is 11.1. The van der Waals surface area contributed by atoms with E-state index in [1.54, 1.807) is 18.2 Å². The van der Waals surface area contributed by atoms with Gasteiger partial charge in [-0.25, -0.2) is 0 Å². The number of halogens is 2. The molecule has 1 aliphatic heterocycles. The van der Waals surface area contributed by atoms with Gasteiger partial charge in [-0.3, -0.25) is 4.79 Å². The molecule has 1 heterocycles. The third-order valence-corrected chi connectivity index (χ3v) is 4.03. The zero-order valence-corrected chi connectivity index (χ0v) is 12.7. The molecule has 0 bridgehead atoms. The van der Waals surface area contributed by atoms with Crippen LogP contribution >= 0.6 is 23.2 Å². The Kier molecular flexibility index (Phi) is 5.52. The lowest BCUT2D eigenvalue weighted by Gasteiger charge is -2.17. The van der Waals surface area contributed by atoms with Gasteiger partial charge in [-0.05, 0) is 25.1 Å². The molecule has 0 aromatic heterocycles. The van der Waals surface area contributed by atoms with Crippen molar-refractivity contribution in [2.24, 2.45) is 5.73 Å². The molecule has 0 aliphatic carbocycles. The highest BCUT2D eigenvalue weighted by atomic mass is 35.5. The lowest BCUT2D eigenvalue weighted by atomic mass is 10.3. The fraction of sp³-hybridized carbons (Fsp3) is 0.500. The maximum absolute atomic E-state index is 11.9. The first-order valence-corrected chi connectivity index (χ1v) is 7.45. The van der Waals surface area contributed by atoms with Crippen LogP contribution in [0.3, 0.4) is 0 Å². The predicted molar refractivity (Wildman–Crippen MR) is 80.4 cm³/mol. The minimum absolute atomic E-state index is 0.00840. The van der Waals surface area contributed by atoms with E-state index >= 15 is 0 Å². The third kappa shape index (κ3) is 4.01. The first-order chi connectivity index (χ1) is 9.60. The van der Waals surface area contributed by atoms with Gasteiger partial charge in [0.05, 0.1) is 16.6 Å². The molecule has 1 fully saturated rings. The van der Waals surface area contributed by atoms with Crippen LogP contribution in [0, 0.1) is 0 Å². The van der Waals surface area contributed by atoms with Crippen molar-refractivity contribution in [2.75, 3.05) is 19.6 Å². The fourth-order valence-corrected chi connectivity index (χ4v) is 2.49. The van der Waals surface area contributed by atoms with Crippen LogP contribution in [-0.4, -0.2) is 36.5 Å². The molecule has 2 N–H and O–H groups in total. The molecule has 0 saturated carbocycles. The second-order valence-electron chi connectivity index (χ2n) is 4.84. The predicted octanol–water partition coefficient (Wildman–Crippen LogP) is 2.71. The zero-order chi connectivity index (χ0) is 14.5. The highest BCUT2D eigenvalue weighted by Gasteiger charge is 2.27. The van der Waals surface area contributed by atoms with Crippen LogP contribution in [0.2, 0.25) is 10.0 Å². The van der Waals surface area contributed by atoms with Crippen molar-refractivity contribution in [3.63, 3.8) is 0 Å². The molecule has 1 amide bonds. The van der Waals surface area contributed by atoms with Gasteiger partial charge in [0.15, 0.2) is 0 Å². The molecule has 110 valence electrons. The van der Waals surface area contributed by atoms with Crippen LogP contribution in [0.4, 0.5) is 0 Å². The number of hydrogen-bond donors (Lipinski definition) is 1. The number of amides is 1. The van der Waals surface area contributed by atoms with Gasteiger partial charge < -0.3 is 15.4 Å². The Bertz CT molecular complexity index is 482. The smallest absolute Gasteiger partial charge is 0.222 e. The van der Waals surface area contributed by atoms with Gasteiger partial charge in [0.2, 0.25) is 5.91 Å². The standard InChI is InChI=1S/C14H18Cl2N2O2/c15-12-4-3-10(8-13(12)16)20-11-5-7-18(9-11)14(19)2-1-6-17/h3-4,8,11H,1-2,5-7,9,17H2/t11-/m1/s1. The Morgan fingerprint density at radius 1 is 1.40 bits per heavy atom. The van der Waals surface area contributed by atoms with Crippen molar-refractivity contribution >= 4 is 29.1 Å². The van der Waals surface area contributed by atoms with E-state index < -0.39 is 0 Å². The van der Waals surface area contributed by atoms with Gasteiger partial charge in [-0.2, -0.15) is 0 Å². The van der Waals surface area contributed by atoms with Crippen molar-refractivity contribution < 1.29 is 9.53 Å². The van der Waals surface area contributed by atoms with Crippen LogP contribution in [0.25, 0.3) is 0 Å². The Labute approximate surface area is 128 Å². The second-order valence-corrected chi connectivity index (χ2v) is 5.65. The molecule has 1 saturated heterocycles. The number of hydrogen-bond acceptors (Lipinski definition) is 3. The molecule has 0 spiro atoms. The minimum Gasteiger partial charge on any atom is -0.488 e. The van der Waals surface area contributed by atoms with Crippen molar-refractivity contribution in [1.82, 2.24) is 4.90 Å². The van der Waals surface area contributed by atoms with Gasteiger partial charge in [0.1, 0.15) is 11.9 Å². The number of likely N-dealkylation sites (tertiary alicyclic amines) is 1. The molecule has 1 atom stereocenters. The summed E-state index contributed by atoms with van der Waals surface area (Å²) in [6.07, 6.45) is 2.08. The maximum atomic E-state index is 11.9. The number of ether oxygens (including phenoxy) is 1. The van der Waals surface area contributed by atoms with Crippen molar-refractivity contribution in [1.29, 1.82) is 0 Å². The fourth-order valence-electron chi connectivity index (χ4n) is 2.20. The second kappa shape index (κ2) is 7.16. The molecule has 2 rings (SSSR count). The molecule has 0 radical (unpaired) electrons. The molecule has 1 aromatic carbocycles. The van der Waals surface area contributed by atoms with E-state index in [4.69, 9.17) is 33.7 Å².